The molecule has 0 aliphatic heterocycles. The quantitative estimate of drug-likeness (QED) is 0.764. The highest BCUT2D eigenvalue weighted by atomic mass is 35.5. The fourth-order valence-electron chi connectivity index (χ4n) is 1.92. The molecule has 0 atom stereocenters. The second-order valence-corrected chi connectivity index (χ2v) is 5.51. The Kier molecular flexibility index (Phi) is 5.84. The highest BCUT2D eigenvalue weighted by molar-refractivity contribution is 6.31. The maximum Gasteiger partial charge on any atom is 0.323 e. The van der Waals surface area contributed by atoms with E-state index in [4.69, 9.17) is 23.2 Å². The van der Waals surface area contributed by atoms with Crippen LogP contribution in [0.25, 0.3) is 0 Å². The highest BCUT2D eigenvalue weighted by Gasteiger charge is 2.13. The average molecular weight is 352 g/mol. The van der Waals surface area contributed by atoms with Crippen molar-refractivity contribution in [2.75, 3.05) is 17.2 Å². The molecule has 2 aromatic rings. The Balaban J connectivity index is 2.16. The number of carbonyl (C=O) groups is 2. The van der Waals surface area contributed by atoms with Gasteiger partial charge in [-0.05, 0) is 43.3 Å². The number of carbonyl (C=O) groups excluding carboxylic acids is 2. The summed E-state index contributed by atoms with van der Waals surface area (Å²) in [5, 5.41) is 8.86. The SMILES string of the molecule is CCNC(=O)c1ccc(Cl)cc1NC(=O)Nc1cccc(Cl)c1. The van der Waals surface area contributed by atoms with Crippen molar-refractivity contribution in [2.24, 2.45) is 0 Å². The predicted molar refractivity (Wildman–Crippen MR) is 93.6 cm³/mol. The number of nitrogens with one attached hydrogen (secondary N) is 3. The zero-order valence-electron chi connectivity index (χ0n) is 12.3. The molecule has 3 N–H and O–H groups in total. The highest BCUT2D eigenvalue weighted by Crippen LogP contribution is 2.22. The molecule has 7 heteroatoms. The molecule has 23 heavy (non-hydrogen) atoms. The van der Waals surface area contributed by atoms with Crippen LogP contribution in [0.3, 0.4) is 0 Å². The third-order valence-corrected chi connectivity index (χ3v) is 3.36. The molecule has 2 aromatic carbocycles. The van der Waals surface area contributed by atoms with Crippen molar-refractivity contribution in [3.8, 4) is 0 Å². The summed E-state index contributed by atoms with van der Waals surface area (Å²) in [4.78, 5) is 24.1. The number of urea groups is 1. The van der Waals surface area contributed by atoms with E-state index in [0.717, 1.165) is 0 Å². The predicted octanol–water partition coefficient (Wildman–Crippen LogP) is 4.39. The minimum atomic E-state index is -0.500. The number of amides is 3. The molecule has 0 aromatic heterocycles. The lowest BCUT2D eigenvalue weighted by atomic mass is 10.1. The molecule has 0 saturated heterocycles. The van der Waals surface area contributed by atoms with Crippen LogP contribution in [0.5, 0.6) is 0 Å². The Bertz CT molecular complexity index is 735. The van der Waals surface area contributed by atoms with Crippen LogP contribution in [0.15, 0.2) is 42.5 Å². The van der Waals surface area contributed by atoms with E-state index in [9.17, 15) is 9.59 Å². The van der Waals surface area contributed by atoms with Gasteiger partial charge in [-0.15, -0.1) is 0 Å². The Morgan fingerprint density at radius 1 is 1.00 bits per heavy atom. The molecule has 2 rings (SSSR count). The van der Waals surface area contributed by atoms with Crippen molar-refractivity contribution in [2.45, 2.75) is 6.92 Å². The lowest BCUT2D eigenvalue weighted by Crippen LogP contribution is -2.26. The maximum atomic E-state index is 12.1. The Labute approximate surface area is 144 Å². The first kappa shape index (κ1) is 17.1. The Morgan fingerprint density at radius 2 is 1.74 bits per heavy atom. The fourth-order valence-corrected chi connectivity index (χ4v) is 2.29. The van der Waals surface area contributed by atoms with Gasteiger partial charge in [-0.3, -0.25) is 4.79 Å². The molecule has 3 amide bonds. The molecule has 5 nitrogen and oxygen atoms in total. The zero-order chi connectivity index (χ0) is 16.8. The van der Waals surface area contributed by atoms with Gasteiger partial charge in [0.25, 0.3) is 5.91 Å². The van der Waals surface area contributed by atoms with Crippen LogP contribution < -0.4 is 16.0 Å². The molecule has 0 spiro atoms. The number of rotatable bonds is 4. The van der Waals surface area contributed by atoms with Crippen molar-refractivity contribution in [1.82, 2.24) is 5.32 Å². The summed E-state index contributed by atoms with van der Waals surface area (Å²) in [6.45, 7) is 2.29. The van der Waals surface area contributed by atoms with E-state index >= 15 is 0 Å². The monoisotopic (exact) mass is 351 g/mol. The molecule has 0 aliphatic carbocycles. The largest absolute Gasteiger partial charge is 0.352 e. The summed E-state index contributed by atoms with van der Waals surface area (Å²) in [6.07, 6.45) is 0. The van der Waals surface area contributed by atoms with Crippen molar-refractivity contribution in [3.05, 3.63) is 58.1 Å². The lowest BCUT2D eigenvalue weighted by Gasteiger charge is -2.12. The molecular weight excluding hydrogens is 337 g/mol. The van der Waals surface area contributed by atoms with Gasteiger partial charge in [-0.1, -0.05) is 29.3 Å². The van der Waals surface area contributed by atoms with Gasteiger partial charge in [-0.2, -0.15) is 0 Å². The van der Waals surface area contributed by atoms with Crippen LogP contribution in [-0.2, 0) is 0 Å². The molecule has 0 heterocycles. The minimum Gasteiger partial charge on any atom is -0.352 e. The molecule has 0 unspecified atom stereocenters. The normalized spacial score (nSPS) is 10.0. The topological polar surface area (TPSA) is 70.2 Å². The second kappa shape index (κ2) is 7.85. The second-order valence-electron chi connectivity index (χ2n) is 4.64. The van der Waals surface area contributed by atoms with E-state index in [2.05, 4.69) is 16.0 Å². The molecular formula is C16H15Cl2N3O2. The van der Waals surface area contributed by atoms with Crippen LogP contribution in [0, 0.1) is 0 Å². The number of halogens is 2. The zero-order valence-corrected chi connectivity index (χ0v) is 13.8. The van der Waals surface area contributed by atoms with Crippen LogP contribution in [0.4, 0.5) is 16.2 Å². The fraction of sp³-hybridized carbons (Fsp3) is 0.125. The smallest absolute Gasteiger partial charge is 0.323 e. The van der Waals surface area contributed by atoms with E-state index in [1.54, 1.807) is 36.4 Å². The summed E-state index contributed by atoms with van der Waals surface area (Å²) in [5.41, 5.74) is 1.19. The lowest BCUT2D eigenvalue weighted by molar-refractivity contribution is 0.0956. The minimum absolute atomic E-state index is 0.290. The van der Waals surface area contributed by atoms with E-state index in [1.165, 1.54) is 6.07 Å². The van der Waals surface area contributed by atoms with Gasteiger partial charge in [0.05, 0.1) is 11.3 Å². The van der Waals surface area contributed by atoms with E-state index < -0.39 is 6.03 Å². The summed E-state index contributed by atoms with van der Waals surface area (Å²) < 4.78 is 0. The molecule has 0 fully saturated rings. The molecule has 0 aliphatic rings. The van der Waals surface area contributed by atoms with Gasteiger partial charge in [0.2, 0.25) is 0 Å². The van der Waals surface area contributed by atoms with Gasteiger partial charge in [0.15, 0.2) is 0 Å². The third-order valence-electron chi connectivity index (χ3n) is 2.89. The van der Waals surface area contributed by atoms with Crippen molar-refractivity contribution in [3.63, 3.8) is 0 Å². The summed E-state index contributed by atoms with van der Waals surface area (Å²) in [5.74, 6) is -0.290. The van der Waals surface area contributed by atoms with E-state index in [1.807, 2.05) is 6.92 Å². The maximum absolute atomic E-state index is 12.1. The van der Waals surface area contributed by atoms with Crippen LogP contribution in [0.2, 0.25) is 10.0 Å². The molecule has 0 saturated carbocycles. The first-order chi connectivity index (χ1) is 11.0. The van der Waals surface area contributed by atoms with Crippen LogP contribution >= 0.6 is 23.2 Å². The van der Waals surface area contributed by atoms with Crippen molar-refractivity contribution >= 4 is 46.5 Å². The van der Waals surface area contributed by atoms with Crippen LogP contribution in [-0.4, -0.2) is 18.5 Å². The van der Waals surface area contributed by atoms with E-state index in [-0.39, 0.29) is 5.91 Å². The summed E-state index contributed by atoms with van der Waals surface area (Å²) >= 11 is 11.8. The third kappa shape index (κ3) is 4.87. The number of hydrogen-bond acceptors (Lipinski definition) is 2. The van der Waals surface area contributed by atoms with Gasteiger partial charge < -0.3 is 16.0 Å². The molecule has 0 bridgehead atoms. The number of benzene rings is 2. The molecule has 0 radical (unpaired) electrons. The van der Waals surface area contributed by atoms with Gasteiger partial charge in [-0.25, -0.2) is 4.79 Å². The van der Waals surface area contributed by atoms with Gasteiger partial charge >= 0.3 is 6.03 Å². The number of anilines is 2. The first-order valence-electron chi connectivity index (χ1n) is 6.91. The van der Waals surface area contributed by atoms with Gasteiger partial charge in [0.1, 0.15) is 0 Å². The Hall–Kier alpha value is -2.24. The Morgan fingerprint density at radius 3 is 2.43 bits per heavy atom. The van der Waals surface area contributed by atoms with Crippen molar-refractivity contribution < 1.29 is 9.59 Å². The van der Waals surface area contributed by atoms with Crippen molar-refractivity contribution in [1.29, 1.82) is 0 Å². The molecule has 120 valence electrons. The number of hydrogen-bond donors (Lipinski definition) is 3. The standard InChI is InChI=1S/C16H15Cl2N3O2/c1-2-19-15(22)13-7-6-11(18)9-14(13)21-16(23)20-12-5-3-4-10(17)8-12/h3-9H,2H2,1H3,(H,19,22)(H2,20,21,23). The average Bonchev–Trinajstić information content (AvgIpc) is 2.47. The summed E-state index contributed by atoms with van der Waals surface area (Å²) in [7, 11) is 0. The van der Waals surface area contributed by atoms with Gasteiger partial charge in [0, 0.05) is 22.3 Å². The summed E-state index contributed by atoms with van der Waals surface area (Å²) in [6, 6.07) is 10.9. The van der Waals surface area contributed by atoms with Crippen LogP contribution in [0.1, 0.15) is 17.3 Å². The first-order valence-corrected chi connectivity index (χ1v) is 7.66. The van der Waals surface area contributed by atoms with E-state index in [0.29, 0.717) is 33.5 Å².